The molecule has 5 aromatic rings. The van der Waals surface area contributed by atoms with Gasteiger partial charge in [-0.3, -0.25) is 19.5 Å². The third-order valence-electron chi connectivity index (χ3n) is 7.03. The number of aromatic amines is 1. The van der Waals surface area contributed by atoms with Crippen molar-refractivity contribution in [3.8, 4) is 16.3 Å². The summed E-state index contributed by atoms with van der Waals surface area (Å²) in [6, 6.07) is 2.15. The van der Waals surface area contributed by atoms with E-state index in [0.717, 1.165) is 53.5 Å². The van der Waals surface area contributed by atoms with Crippen molar-refractivity contribution >= 4 is 49.7 Å². The number of ether oxygens (including phenoxy) is 1. The van der Waals surface area contributed by atoms with Gasteiger partial charge in [-0.15, -0.1) is 11.3 Å². The van der Waals surface area contributed by atoms with Crippen LogP contribution in [-0.4, -0.2) is 65.9 Å². The third-order valence-corrected chi connectivity index (χ3v) is 8.16. The number of hydrogen-bond donors (Lipinski definition) is 2. The average molecular weight is 505 g/mol. The number of aryl methyl sites for hydroxylation is 1. The Bertz CT molecular complexity index is 1710. The standard InChI is InChI=1S/C24H24N8O3S/c1-13-4-2-5-30(13)12-18(33)27-14-8-16-20(25-9-14)21-19(22(34)28-16)24-32(29-21)11-17(36-24)15-10-26-31-6-3-7-35-23(15)31/h8-11,13H,2-7,12H2,1H3,(H,27,33)(H,28,34)/t13-/m0/s1. The van der Waals surface area contributed by atoms with Crippen molar-refractivity contribution < 1.29 is 9.53 Å². The van der Waals surface area contributed by atoms with Crippen molar-refractivity contribution in [3.63, 3.8) is 0 Å². The lowest BCUT2D eigenvalue weighted by atomic mass is 10.2. The van der Waals surface area contributed by atoms with Gasteiger partial charge < -0.3 is 15.0 Å². The van der Waals surface area contributed by atoms with E-state index in [1.807, 2.05) is 10.9 Å². The number of amides is 1. The molecule has 1 saturated heterocycles. The number of nitrogens with zero attached hydrogens (tertiary/aromatic N) is 6. The normalized spacial score (nSPS) is 18.2. The molecule has 1 amide bonds. The molecular weight excluding hydrogens is 480 g/mol. The fourth-order valence-electron chi connectivity index (χ4n) is 5.19. The van der Waals surface area contributed by atoms with E-state index in [1.54, 1.807) is 23.0 Å². The van der Waals surface area contributed by atoms with Crippen LogP contribution in [-0.2, 0) is 11.3 Å². The predicted molar refractivity (Wildman–Crippen MR) is 137 cm³/mol. The first kappa shape index (κ1) is 21.5. The summed E-state index contributed by atoms with van der Waals surface area (Å²) in [4.78, 5) is 37.0. The molecule has 1 fully saturated rings. The van der Waals surface area contributed by atoms with Gasteiger partial charge in [-0.2, -0.15) is 10.2 Å². The lowest BCUT2D eigenvalue weighted by molar-refractivity contribution is -0.117. The highest BCUT2D eigenvalue weighted by Crippen LogP contribution is 2.38. The first-order valence-electron chi connectivity index (χ1n) is 12.1. The molecule has 0 saturated carbocycles. The molecule has 7 rings (SSSR count). The summed E-state index contributed by atoms with van der Waals surface area (Å²) in [7, 11) is 0. The number of H-pyrrole nitrogens is 1. The topological polar surface area (TPSA) is 122 Å². The van der Waals surface area contributed by atoms with E-state index < -0.39 is 0 Å². The molecule has 0 aliphatic carbocycles. The minimum atomic E-state index is -0.245. The smallest absolute Gasteiger partial charge is 0.261 e. The van der Waals surface area contributed by atoms with Gasteiger partial charge in [-0.25, -0.2) is 9.20 Å². The Balaban J connectivity index is 1.23. The summed E-state index contributed by atoms with van der Waals surface area (Å²) in [5.74, 6) is 0.666. The van der Waals surface area contributed by atoms with Crippen LogP contribution in [0.2, 0.25) is 0 Å². The van der Waals surface area contributed by atoms with Crippen LogP contribution in [0, 0.1) is 0 Å². The Morgan fingerprint density at radius 2 is 2.19 bits per heavy atom. The quantitative estimate of drug-likeness (QED) is 0.386. The molecule has 0 spiro atoms. The van der Waals surface area contributed by atoms with E-state index in [-0.39, 0.29) is 11.5 Å². The van der Waals surface area contributed by atoms with Gasteiger partial charge in [0.05, 0.1) is 47.2 Å². The van der Waals surface area contributed by atoms with Crippen LogP contribution < -0.4 is 15.6 Å². The molecular formula is C24H24N8O3S. The van der Waals surface area contributed by atoms with Gasteiger partial charge in [-0.05, 0) is 32.4 Å². The maximum absolute atomic E-state index is 13.1. The van der Waals surface area contributed by atoms with E-state index in [1.165, 1.54) is 11.3 Å². The van der Waals surface area contributed by atoms with Gasteiger partial charge in [0.1, 0.15) is 21.3 Å². The molecule has 36 heavy (non-hydrogen) atoms. The van der Waals surface area contributed by atoms with Gasteiger partial charge >= 0.3 is 0 Å². The summed E-state index contributed by atoms with van der Waals surface area (Å²) in [5.41, 5.74) is 2.85. The summed E-state index contributed by atoms with van der Waals surface area (Å²) in [6.45, 7) is 4.93. The monoisotopic (exact) mass is 504 g/mol. The molecule has 2 aliphatic heterocycles. The van der Waals surface area contributed by atoms with Crippen LogP contribution in [0.3, 0.4) is 0 Å². The highest BCUT2D eigenvalue weighted by molar-refractivity contribution is 7.21. The number of fused-ring (bicyclic) bond motifs is 6. The molecule has 5 aromatic heterocycles. The van der Waals surface area contributed by atoms with Crippen LogP contribution in [0.4, 0.5) is 5.69 Å². The summed E-state index contributed by atoms with van der Waals surface area (Å²) >= 11 is 1.47. The minimum Gasteiger partial charge on any atom is -0.477 e. The van der Waals surface area contributed by atoms with Crippen molar-refractivity contribution in [2.24, 2.45) is 0 Å². The minimum absolute atomic E-state index is 0.0882. The molecule has 2 aliphatic rings. The second-order valence-corrected chi connectivity index (χ2v) is 10.5. The molecule has 2 N–H and O–H groups in total. The zero-order valence-electron chi connectivity index (χ0n) is 19.7. The number of carbonyl (C=O) groups excluding carboxylic acids is 1. The molecule has 1 atom stereocenters. The zero-order chi connectivity index (χ0) is 24.4. The maximum atomic E-state index is 13.1. The van der Waals surface area contributed by atoms with E-state index in [9.17, 15) is 9.59 Å². The lowest BCUT2D eigenvalue weighted by Crippen LogP contribution is -2.35. The molecule has 0 bridgehead atoms. The number of pyridine rings is 2. The van der Waals surface area contributed by atoms with Gasteiger partial charge in [0, 0.05) is 25.2 Å². The van der Waals surface area contributed by atoms with Crippen LogP contribution in [0.25, 0.3) is 37.2 Å². The van der Waals surface area contributed by atoms with Gasteiger partial charge in [0.2, 0.25) is 11.8 Å². The van der Waals surface area contributed by atoms with Crippen molar-refractivity contribution in [2.45, 2.75) is 38.8 Å². The molecule has 12 heteroatoms. The van der Waals surface area contributed by atoms with Gasteiger partial charge in [-0.1, -0.05) is 0 Å². The molecule has 0 unspecified atom stereocenters. The van der Waals surface area contributed by atoms with E-state index in [0.29, 0.717) is 46.8 Å². The van der Waals surface area contributed by atoms with Crippen molar-refractivity contribution in [3.05, 3.63) is 35.0 Å². The number of carbonyl (C=O) groups is 1. The number of nitrogens with one attached hydrogen (secondary N) is 2. The Kier molecular flexibility index (Phi) is 4.86. The number of aromatic nitrogens is 6. The van der Waals surface area contributed by atoms with Crippen LogP contribution >= 0.6 is 11.3 Å². The predicted octanol–water partition coefficient (Wildman–Crippen LogP) is 2.85. The van der Waals surface area contributed by atoms with E-state index in [4.69, 9.17) is 9.84 Å². The van der Waals surface area contributed by atoms with Crippen molar-refractivity contribution in [2.75, 3.05) is 25.0 Å². The first-order chi connectivity index (χ1) is 17.5. The summed E-state index contributed by atoms with van der Waals surface area (Å²) in [6.07, 6.45) is 8.48. The van der Waals surface area contributed by atoms with Crippen molar-refractivity contribution in [1.29, 1.82) is 0 Å². The molecule has 7 heterocycles. The van der Waals surface area contributed by atoms with Crippen LogP contribution in [0.1, 0.15) is 26.2 Å². The SMILES string of the molecule is C[C@H]1CCCN1CC(=O)Nc1cnc2c(c1)[nH]c(=O)c1c2nn2cc(-c3cnn4c3OCCC4)sc12. The van der Waals surface area contributed by atoms with Crippen LogP contribution in [0.15, 0.2) is 29.5 Å². The van der Waals surface area contributed by atoms with E-state index >= 15 is 0 Å². The maximum Gasteiger partial charge on any atom is 0.261 e. The average Bonchev–Trinajstić information content (AvgIpc) is 3.62. The highest BCUT2D eigenvalue weighted by Gasteiger charge is 2.24. The van der Waals surface area contributed by atoms with Gasteiger partial charge in [0.25, 0.3) is 5.56 Å². The van der Waals surface area contributed by atoms with Crippen LogP contribution in [0.5, 0.6) is 5.88 Å². The fraction of sp³-hybridized carbons (Fsp3) is 0.375. The summed E-state index contributed by atoms with van der Waals surface area (Å²) in [5, 5.41) is 12.5. The Hall–Kier alpha value is -3.77. The number of rotatable bonds is 4. The highest BCUT2D eigenvalue weighted by atomic mass is 32.1. The Morgan fingerprint density at radius 1 is 1.28 bits per heavy atom. The second-order valence-electron chi connectivity index (χ2n) is 9.44. The Morgan fingerprint density at radius 3 is 3.06 bits per heavy atom. The molecule has 11 nitrogen and oxygen atoms in total. The molecule has 184 valence electrons. The van der Waals surface area contributed by atoms with Crippen molar-refractivity contribution in [1.82, 2.24) is 34.3 Å². The third kappa shape index (κ3) is 3.39. The van der Waals surface area contributed by atoms with E-state index in [2.05, 4.69) is 32.2 Å². The zero-order valence-corrected chi connectivity index (χ0v) is 20.5. The number of hydrogen-bond acceptors (Lipinski definition) is 8. The number of thiazole rings is 1. The number of anilines is 1. The molecule has 0 radical (unpaired) electrons. The Labute approximate surface area is 208 Å². The molecule has 0 aromatic carbocycles. The second kappa shape index (κ2) is 8.14. The largest absolute Gasteiger partial charge is 0.477 e. The lowest BCUT2D eigenvalue weighted by Gasteiger charge is -2.20. The fourth-order valence-corrected chi connectivity index (χ4v) is 6.28. The first-order valence-corrected chi connectivity index (χ1v) is 12.9. The number of likely N-dealkylation sites (tertiary alicyclic amines) is 1. The summed E-state index contributed by atoms with van der Waals surface area (Å²) < 4.78 is 9.43. The van der Waals surface area contributed by atoms with Gasteiger partial charge in [0.15, 0.2) is 0 Å².